The zero-order valence-corrected chi connectivity index (χ0v) is 51.2. The van der Waals surface area contributed by atoms with Crippen LogP contribution in [0.15, 0.2) is 60.7 Å². The predicted octanol–water partition coefficient (Wildman–Crippen LogP) is 8.29. The molecule has 4 aromatic carbocycles. The average Bonchev–Trinajstić information content (AvgIpc) is 1.61. The SMILES string of the molecule is C.C.COc1c(CN2O[C@@H](CO)[C@@H]([C@H](C)O)[C@H]2C(=O)N[C@H]2C[C@H]3C[C@@H]([C@@H]2C)C3(C)C)cccc1-c1cc(C=O)c2c(c1)OCO2.COc1c(CN2O[C@@H](CO)[C@@H]([C@H](C)O)[C@H]2C(=O)N[C@H]2C[C@H]3C[C@@H]([C@@H]2C)C3(C)C)cccc1-c1cc2c(c(C(=O)O)c1)OCO2. The molecule has 2 amide bonds. The van der Waals surface area contributed by atoms with Gasteiger partial charge in [-0.3, -0.25) is 24.1 Å². The Labute approximate surface area is 522 Å². The number of aromatic carboxylic acids is 1. The van der Waals surface area contributed by atoms with Crippen LogP contribution in [0, 0.1) is 58.2 Å². The lowest BCUT2D eigenvalue weighted by Crippen LogP contribution is -2.62. The van der Waals surface area contributed by atoms with E-state index >= 15 is 0 Å². The van der Waals surface area contributed by atoms with Crippen molar-refractivity contribution in [1.82, 2.24) is 20.8 Å². The molecule has 21 nitrogen and oxygen atoms in total. The van der Waals surface area contributed by atoms with E-state index in [1.807, 2.05) is 42.5 Å². The fraction of sp³-hybridized carbons (Fsp3) is 0.588. The molecule has 2 saturated heterocycles. The number of ether oxygens (including phenoxy) is 6. The van der Waals surface area contributed by atoms with Gasteiger partial charge in [0.1, 0.15) is 41.4 Å². The molecule has 89 heavy (non-hydrogen) atoms. The van der Waals surface area contributed by atoms with Gasteiger partial charge < -0.3 is 64.6 Å². The van der Waals surface area contributed by atoms with Crippen LogP contribution in [0.3, 0.4) is 0 Å². The van der Waals surface area contributed by atoms with Gasteiger partial charge in [0, 0.05) is 46.2 Å². The minimum absolute atomic E-state index is 0. The van der Waals surface area contributed by atoms with Crippen LogP contribution in [0.25, 0.3) is 22.3 Å². The van der Waals surface area contributed by atoms with E-state index in [1.165, 1.54) is 31.1 Å². The second kappa shape index (κ2) is 26.3. The van der Waals surface area contributed by atoms with Gasteiger partial charge in [-0.1, -0.05) is 92.8 Å². The first-order chi connectivity index (χ1) is 41.5. The fourth-order valence-corrected chi connectivity index (χ4v) is 16.3. The Morgan fingerprint density at radius 2 is 1.08 bits per heavy atom. The van der Waals surface area contributed by atoms with Crippen LogP contribution >= 0.6 is 0 Å². The number of carbonyl (C=O) groups is 4. The maximum Gasteiger partial charge on any atom is 0.339 e. The number of amides is 2. The Morgan fingerprint density at radius 3 is 1.46 bits per heavy atom. The molecule has 0 radical (unpaired) electrons. The number of aliphatic hydroxyl groups excluding tert-OH is 4. The van der Waals surface area contributed by atoms with E-state index in [1.54, 1.807) is 38.2 Å². The molecule has 0 aromatic heterocycles. The van der Waals surface area contributed by atoms with Crippen molar-refractivity contribution in [2.24, 2.45) is 58.2 Å². The number of hydroxylamine groups is 4. The Bertz CT molecular complexity index is 3260. The number of hydrogen-bond donors (Lipinski definition) is 7. The first-order valence-corrected chi connectivity index (χ1v) is 30.5. The van der Waals surface area contributed by atoms with Crippen LogP contribution in [0.1, 0.15) is 128 Å². The summed E-state index contributed by atoms with van der Waals surface area (Å²) in [6, 6.07) is 16.3. The van der Waals surface area contributed by atoms with Gasteiger partial charge >= 0.3 is 5.97 Å². The highest BCUT2D eigenvalue weighted by Gasteiger charge is 2.59. The summed E-state index contributed by atoms with van der Waals surface area (Å²) in [7, 11) is 3.09. The number of carboxylic acid groups (broad SMARTS) is 1. The largest absolute Gasteiger partial charge is 0.496 e. The van der Waals surface area contributed by atoms with E-state index in [0.29, 0.717) is 97.5 Å². The highest BCUT2D eigenvalue weighted by molar-refractivity contribution is 5.95. The summed E-state index contributed by atoms with van der Waals surface area (Å²) >= 11 is 0. The molecule has 486 valence electrons. The van der Waals surface area contributed by atoms with E-state index < -0.39 is 54.3 Å². The summed E-state index contributed by atoms with van der Waals surface area (Å²) in [5, 5.41) is 61.4. The van der Waals surface area contributed by atoms with E-state index in [9.17, 15) is 44.7 Å². The van der Waals surface area contributed by atoms with Crippen LogP contribution in [0.5, 0.6) is 34.5 Å². The molecule has 6 saturated carbocycles. The predicted molar refractivity (Wildman–Crippen MR) is 330 cm³/mol. The van der Waals surface area contributed by atoms with Gasteiger partial charge in [0.05, 0.1) is 58.3 Å². The summed E-state index contributed by atoms with van der Waals surface area (Å²) in [4.78, 5) is 64.2. The van der Waals surface area contributed by atoms with Crippen molar-refractivity contribution in [3.05, 3.63) is 82.9 Å². The van der Waals surface area contributed by atoms with Gasteiger partial charge in [-0.15, -0.1) is 0 Å². The lowest BCUT2D eigenvalue weighted by molar-refractivity contribution is -0.183. The first-order valence-electron chi connectivity index (χ1n) is 30.5. The van der Waals surface area contributed by atoms with Gasteiger partial charge in [-0.25, -0.2) is 4.79 Å². The number of aliphatic hydroxyl groups is 4. The van der Waals surface area contributed by atoms with E-state index in [-0.39, 0.29) is 95.4 Å². The van der Waals surface area contributed by atoms with Crippen molar-refractivity contribution in [3.8, 4) is 56.8 Å². The molecule has 0 spiro atoms. The first kappa shape index (κ1) is 66.8. The van der Waals surface area contributed by atoms with Crippen molar-refractivity contribution in [3.63, 3.8) is 0 Å². The zero-order chi connectivity index (χ0) is 62.1. The molecule has 4 heterocycles. The van der Waals surface area contributed by atoms with Crippen molar-refractivity contribution in [2.45, 2.75) is 158 Å². The summed E-state index contributed by atoms with van der Waals surface area (Å²) in [5.41, 5.74) is 4.95. The third-order valence-electron chi connectivity index (χ3n) is 21.3. The molecule has 0 unspecified atom stereocenters. The number of para-hydroxylation sites is 2. The number of methoxy groups -OCH3 is 2. The monoisotopic (exact) mass is 1240 g/mol. The van der Waals surface area contributed by atoms with Crippen LogP contribution < -0.4 is 39.1 Å². The third-order valence-corrected chi connectivity index (χ3v) is 21.3. The number of nitrogens with zero attached hydrogens (tertiary/aromatic N) is 2. The molecule has 7 N–H and O–H groups in total. The molecule has 16 atom stereocenters. The van der Waals surface area contributed by atoms with Gasteiger partial charge in [0.15, 0.2) is 29.3 Å². The van der Waals surface area contributed by atoms with Gasteiger partial charge in [0.25, 0.3) is 0 Å². The minimum Gasteiger partial charge on any atom is -0.496 e. The number of carbonyl (C=O) groups excluding carboxylic acids is 3. The lowest BCUT2D eigenvalue weighted by Gasteiger charge is -2.62. The molecule has 8 fully saturated rings. The maximum absolute atomic E-state index is 14.0. The Hall–Kier alpha value is -6.56. The number of benzene rings is 4. The second-order valence-corrected chi connectivity index (χ2v) is 26.4. The maximum atomic E-state index is 14.0. The fourth-order valence-electron chi connectivity index (χ4n) is 16.3. The highest BCUT2D eigenvalue weighted by atomic mass is 16.7. The van der Waals surface area contributed by atoms with Crippen LogP contribution in [-0.2, 0) is 32.4 Å². The molecule has 21 heteroatoms. The van der Waals surface area contributed by atoms with Crippen molar-refractivity contribution < 1.29 is 82.8 Å². The Kier molecular flexibility index (Phi) is 19.8. The van der Waals surface area contributed by atoms with Crippen LogP contribution in [0.4, 0.5) is 0 Å². The summed E-state index contributed by atoms with van der Waals surface area (Å²) in [6.45, 7) is 16.5. The molecule has 10 aliphatic rings. The highest BCUT2D eigenvalue weighted by Crippen LogP contribution is 2.62. The molecule has 14 rings (SSSR count). The average molecular weight is 1240 g/mol. The van der Waals surface area contributed by atoms with Crippen LogP contribution in [-0.4, -0.2) is 149 Å². The Balaban J connectivity index is 0.000000207. The number of nitrogens with one attached hydrogen (secondary N) is 2. The summed E-state index contributed by atoms with van der Waals surface area (Å²) in [5.74, 6) is 2.46. The third kappa shape index (κ3) is 11.9. The molecular weight excluding hydrogens is 1140 g/mol. The number of hydrogen-bond acceptors (Lipinski definition) is 18. The lowest BCUT2D eigenvalue weighted by atomic mass is 9.45. The van der Waals surface area contributed by atoms with E-state index in [0.717, 1.165) is 30.3 Å². The summed E-state index contributed by atoms with van der Waals surface area (Å²) in [6.07, 6.45) is 1.64. The topological polar surface area (TPSA) is 274 Å². The molecular formula is C68H92N4O17. The van der Waals surface area contributed by atoms with Crippen molar-refractivity contribution >= 4 is 24.1 Å². The zero-order valence-electron chi connectivity index (χ0n) is 51.2. The van der Waals surface area contributed by atoms with Crippen LogP contribution in [0.2, 0.25) is 0 Å². The second-order valence-electron chi connectivity index (χ2n) is 26.4. The van der Waals surface area contributed by atoms with Crippen molar-refractivity contribution in [1.29, 1.82) is 0 Å². The summed E-state index contributed by atoms with van der Waals surface area (Å²) < 4.78 is 33.6. The number of fused-ring (bicyclic) bond motifs is 6. The Morgan fingerprint density at radius 1 is 0.652 bits per heavy atom. The quantitative estimate of drug-likeness (QED) is 0.0462. The molecule has 4 bridgehead atoms. The van der Waals surface area contributed by atoms with Gasteiger partial charge in [-0.05, 0) is 121 Å². The van der Waals surface area contributed by atoms with Gasteiger partial charge in [0.2, 0.25) is 25.4 Å². The van der Waals surface area contributed by atoms with E-state index in [4.69, 9.17) is 38.1 Å². The number of rotatable bonds is 18. The van der Waals surface area contributed by atoms with Crippen molar-refractivity contribution in [2.75, 3.05) is 41.0 Å². The normalized spacial score (nSPS) is 30.4. The van der Waals surface area contributed by atoms with E-state index in [2.05, 4.69) is 52.2 Å². The molecule has 6 aliphatic carbocycles. The molecule has 4 aliphatic heterocycles. The minimum atomic E-state index is -1.14. The molecule has 4 aromatic rings. The number of carboxylic acids is 1. The van der Waals surface area contributed by atoms with Gasteiger partial charge in [-0.2, -0.15) is 10.1 Å². The standard InChI is InChI=1S/C33H42N2O9.C33H42N2O8.2CH4/c1-16-23-11-20(33(23,3)4)12-24(16)34-31(38)28-27(17(2)37)26(14-36)44-35(28)13-18-7-6-8-21(29(18)41-5)19-9-22(32(39)40)30-25(10-19)42-15-43-30;1-17-24-11-22(33(24,3)4)12-25(17)34-32(39)29-28(18(2)38)27(15-37)43-35(29)13-19-7-6-8-23(30(19)40-5)20-9-21(14-36)31-26(10-20)41-16-42-31;;/h6-10,16-17,20,23-24,26-28,36-37H,11-15H2,1-5H3,(H,34,38)(H,39,40);6-10,14,17-18,22,24-25,27-29,37-38H,11-13,15-16H2,1-5H3,(H,34,39);2*1H4/t16-,17-,20+,23-,24-,26-,27+,28-;17-,18-,22+,24-,25-,27-,28+,29-;;/m00../s1. The smallest absolute Gasteiger partial charge is 0.339 e. The number of aldehydes is 1.